The Labute approximate surface area is 163 Å². The van der Waals surface area contributed by atoms with Crippen LogP contribution in [0.15, 0.2) is 48.5 Å². The van der Waals surface area contributed by atoms with Gasteiger partial charge in [0.05, 0.1) is 6.10 Å². The Kier molecular flexibility index (Phi) is 8.01. The van der Waals surface area contributed by atoms with E-state index in [4.69, 9.17) is 0 Å². The molecule has 4 rings (SSSR count). The summed E-state index contributed by atoms with van der Waals surface area (Å²) in [6, 6.07) is 16.1. The lowest BCUT2D eigenvalue weighted by Gasteiger charge is -2.24. The molecule has 1 atom stereocenters. The number of amides is 1. The lowest BCUT2D eigenvalue weighted by molar-refractivity contribution is 0.0540. The predicted octanol–water partition coefficient (Wildman–Crippen LogP) is 4.07. The highest BCUT2D eigenvalue weighted by atomic mass is 16.3. The van der Waals surface area contributed by atoms with E-state index in [9.17, 15) is 9.90 Å². The molecule has 2 heterocycles. The van der Waals surface area contributed by atoms with E-state index in [0.717, 1.165) is 24.2 Å². The maximum absolute atomic E-state index is 12.3. The zero-order valence-corrected chi connectivity index (χ0v) is 17.0. The highest BCUT2D eigenvalue weighted by molar-refractivity contribution is 5.98. The van der Waals surface area contributed by atoms with Crippen LogP contribution in [-0.2, 0) is 19.6 Å². The summed E-state index contributed by atoms with van der Waals surface area (Å²) in [5.41, 5.74) is 4.50. The van der Waals surface area contributed by atoms with Crippen LogP contribution in [0.1, 0.15) is 54.7 Å². The lowest BCUT2D eigenvalue weighted by Crippen LogP contribution is -2.38. The highest BCUT2D eigenvalue weighted by Crippen LogP contribution is 2.24. The van der Waals surface area contributed by atoms with Crippen molar-refractivity contribution in [2.24, 2.45) is 0 Å². The van der Waals surface area contributed by atoms with Gasteiger partial charge in [0.25, 0.3) is 5.91 Å². The molecule has 0 aliphatic carbocycles. The second kappa shape index (κ2) is 10.2. The number of hydrogen-bond acceptors (Lipinski definition) is 3. The first kappa shape index (κ1) is 21.1. The molecule has 2 aromatic carbocycles. The summed E-state index contributed by atoms with van der Waals surface area (Å²) in [5, 5.41) is 10.4. The van der Waals surface area contributed by atoms with E-state index in [2.05, 4.69) is 29.2 Å². The van der Waals surface area contributed by atoms with Crippen molar-refractivity contribution >= 4 is 5.91 Å². The third kappa shape index (κ3) is 4.96. The fourth-order valence-corrected chi connectivity index (χ4v) is 3.61. The molecule has 2 aromatic rings. The maximum atomic E-state index is 12.3. The van der Waals surface area contributed by atoms with Crippen LogP contribution >= 0.6 is 0 Å². The Morgan fingerprint density at radius 3 is 1.89 bits per heavy atom. The van der Waals surface area contributed by atoms with Crippen LogP contribution in [0.25, 0.3) is 0 Å². The summed E-state index contributed by atoms with van der Waals surface area (Å²) in [6.07, 6.45) is -0.525. The predicted molar refractivity (Wildman–Crippen MR) is 110 cm³/mol. The molecule has 0 aromatic heterocycles. The van der Waals surface area contributed by atoms with Crippen LogP contribution in [0.4, 0.5) is 0 Å². The van der Waals surface area contributed by atoms with Gasteiger partial charge < -0.3 is 10.0 Å². The van der Waals surface area contributed by atoms with Gasteiger partial charge in [-0.1, -0.05) is 70.2 Å². The summed E-state index contributed by atoms with van der Waals surface area (Å²) in [7, 11) is 0. The molecule has 0 spiro atoms. The molecular formula is C23H32N2O2. The molecule has 4 heteroatoms. The number of carbonyl (C=O) groups is 1. The van der Waals surface area contributed by atoms with E-state index in [1.807, 2.05) is 52.0 Å². The van der Waals surface area contributed by atoms with Gasteiger partial charge in [0.2, 0.25) is 0 Å². The normalized spacial score (nSPS) is 15.9. The largest absolute Gasteiger partial charge is 0.390 e. The zero-order chi connectivity index (χ0) is 19.8. The second-order valence-corrected chi connectivity index (χ2v) is 6.43. The topological polar surface area (TPSA) is 43.8 Å². The third-order valence-corrected chi connectivity index (χ3v) is 4.70. The molecule has 0 saturated carbocycles. The van der Waals surface area contributed by atoms with Crippen molar-refractivity contribution in [1.29, 1.82) is 0 Å². The van der Waals surface area contributed by atoms with Crippen molar-refractivity contribution in [3.8, 4) is 0 Å². The highest BCUT2D eigenvalue weighted by Gasteiger charge is 2.29. The van der Waals surface area contributed by atoms with E-state index in [-0.39, 0.29) is 5.91 Å². The first-order valence-corrected chi connectivity index (χ1v) is 10.0. The van der Waals surface area contributed by atoms with E-state index >= 15 is 0 Å². The minimum absolute atomic E-state index is 0.0318. The zero-order valence-electron chi connectivity index (χ0n) is 17.0. The van der Waals surface area contributed by atoms with Gasteiger partial charge in [0.15, 0.2) is 0 Å². The quantitative estimate of drug-likeness (QED) is 0.885. The standard InChI is InChI=1S/C19H20N2O2.2C2H6/c22-17(12-20-9-14-5-1-2-6-15(14)10-20)13-21-11-16-7-3-4-8-18(16)19(21)23;2*1-2/h1-8,17,22H,9-13H2;2*1-2H3/t17-;;/m0../s1. The Balaban J connectivity index is 0.000000614. The Morgan fingerprint density at radius 1 is 0.815 bits per heavy atom. The van der Waals surface area contributed by atoms with Gasteiger partial charge in [0.1, 0.15) is 0 Å². The Morgan fingerprint density at radius 2 is 1.33 bits per heavy atom. The lowest BCUT2D eigenvalue weighted by atomic mass is 10.1. The number of aliphatic hydroxyl groups is 1. The molecule has 146 valence electrons. The van der Waals surface area contributed by atoms with Gasteiger partial charge in [0, 0.05) is 38.3 Å². The van der Waals surface area contributed by atoms with Crippen LogP contribution in [0.5, 0.6) is 0 Å². The molecule has 0 bridgehead atoms. The maximum Gasteiger partial charge on any atom is 0.254 e. The molecule has 1 N–H and O–H groups in total. The third-order valence-electron chi connectivity index (χ3n) is 4.70. The van der Waals surface area contributed by atoms with Crippen LogP contribution < -0.4 is 0 Å². The van der Waals surface area contributed by atoms with Crippen molar-refractivity contribution in [3.63, 3.8) is 0 Å². The van der Waals surface area contributed by atoms with Gasteiger partial charge >= 0.3 is 0 Å². The minimum atomic E-state index is -0.525. The smallest absolute Gasteiger partial charge is 0.254 e. The molecule has 0 radical (unpaired) electrons. The van der Waals surface area contributed by atoms with Crippen LogP contribution in [0.2, 0.25) is 0 Å². The molecule has 27 heavy (non-hydrogen) atoms. The molecule has 2 aliphatic heterocycles. The summed E-state index contributed by atoms with van der Waals surface area (Å²) in [4.78, 5) is 16.3. The fourth-order valence-electron chi connectivity index (χ4n) is 3.61. The van der Waals surface area contributed by atoms with Gasteiger partial charge in [-0.05, 0) is 22.8 Å². The van der Waals surface area contributed by atoms with Crippen molar-refractivity contribution in [1.82, 2.24) is 9.80 Å². The van der Waals surface area contributed by atoms with Gasteiger partial charge in [-0.25, -0.2) is 0 Å². The molecule has 4 nitrogen and oxygen atoms in total. The summed E-state index contributed by atoms with van der Waals surface area (Å²) in [5.74, 6) is 0.0318. The number of benzene rings is 2. The molecular weight excluding hydrogens is 336 g/mol. The first-order valence-electron chi connectivity index (χ1n) is 10.0. The van der Waals surface area contributed by atoms with Crippen LogP contribution in [0.3, 0.4) is 0 Å². The number of aliphatic hydroxyl groups excluding tert-OH is 1. The molecule has 1 amide bonds. The minimum Gasteiger partial charge on any atom is -0.390 e. The number of rotatable bonds is 4. The molecule has 0 fully saturated rings. The van der Waals surface area contributed by atoms with Crippen molar-refractivity contribution in [2.75, 3.05) is 13.1 Å². The number of carbonyl (C=O) groups excluding carboxylic acids is 1. The molecule has 0 saturated heterocycles. The summed E-state index contributed by atoms with van der Waals surface area (Å²) < 4.78 is 0. The molecule has 0 unspecified atom stereocenters. The SMILES string of the molecule is CC.CC.O=C1c2ccccc2CN1C[C@@H](O)CN1Cc2ccccc2C1. The van der Waals surface area contributed by atoms with Crippen LogP contribution in [0, 0.1) is 0 Å². The second-order valence-electron chi connectivity index (χ2n) is 6.43. The number of hydrogen-bond donors (Lipinski definition) is 1. The first-order chi connectivity index (χ1) is 13.2. The van der Waals surface area contributed by atoms with E-state index in [1.54, 1.807) is 4.90 Å². The van der Waals surface area contributed by atoms with Gasteiger partial charge in [-0.15, -0.1) is 0 Å². The summed E-state index contributed by atoms with van der Waals surface area (Å²) >= 11 is 0. The number of fused-ring (bicyclic) bond motifs is 2. The van der Waals surface area contributed by atoms with Crippen LogP contribution in [-0.4, -0.2) is 40.0 Å². The van der Waals surface area contributed by atoms with E-state index < -0.39 is 6.10 Å². The van der Waals surface area contributed by atoms with E-state index in [0.29, 0.717) is 19.6 Å². The molecule has 2 aliphatic rings. The summed E-state index contributed by atoms with van der Waals surface area (Å²) in [6.45, 7) is 11.3. The monoisotopic (exact) mass is 368 g/mol. The van der Waals surface area contributed by atoms with Crippen molar-refractivity contribution < 1.29 is 9.90 Å². The van der Waals surface area contributed by atoms with Gasteiger partial charge in [-0.2, -0.15) is 0 Å². The Bertz CT molecular complexity index is 720. The van der Waals surface area contributed by atoms with E-state index in [1.165, 1.54) is 11.1 Å². The van der Waals surface area contributed by atoms with Gasteiger partial charge in [-0.3, -0.25) is 9.69 Å². The average Bonchev–Trinajstić information content (AvgIpc) is 3.25. The fraction of sp³-hybridized carbons (Fsp3) is 0.435. The van der Waals surface area contributed by atoms with Crippen molar-refractivity contribution in [2.45, 2.75) is 53.4 Å². The number of nitrogens with zero attached hydrogens (tertiary/aromatic N) is 2. The Hall–Kier alpha value is -2.17. The average molecular weight is 369 g/mol. The number of β-amino-alcohol motifs (C(OH)–C–C–N with tert-alkyl or cyclic N) is 1. The van der Waals surface area contributed by atoms with Crippen molar-refractivity contribution in [3.05, 3.63) is 70.8 Å².